The maximum absolute atomic E-state index is 14.8. The molecule has 7 heteroatoms. The highest BCUT2D eigenvalue weighted by Crippen LogP contribution is 2.42. The highest BCUT2D eigenvalue weighted by molar-refractivity contribution is 5.69. The minimum absolute atomic E-state index is 0.0548. The van der Waals surface area contributed by atoms with Crippen molar-refractivity contribution >= 4 is 6.09 Å². The topological polar surface area (TPSA) is 60.0 Å². The Morgan fingerprint density at radius 3 is 2.85 bits per heavy atom. The zero-order valence-electron chi connectivity index (χ0n) is 16.7. The molecule has 1 aromatic rings. The molecular formula is C20H29FN2O4. The molecule has 0 aromatic heterocycles. The van der Waals surface area contributed by atoms with Gasteiger partial charge in [-0.3, -0.25) is 0 Å². The first-order valence-corrected chi connectivity index (χ1v) is 9.38. The number of likely N-dealkylation sites (tertiary alicyclic amines) is 1. The van der Waals surface area contributed by atoms with Crippen LogP contribution in [0.5, 0.6) is 0 Å². The van der Waals surface area contributed by atoms with Crippen LogP contribution in [0.15, 0.2) is 18.2 Å². The Morgan fingerprint density at radius 2 is 2.19 bits per heavy atom. The molecule has 2 unspecified atom stereocenters. The molecule has 1 N–H and O–H groups in total. The number of halogens is 1. The molecule has 1 amide bonds. The monoisotopic (exact) mass is 380 g/mol. The van der Waals surface area contributed by atoms with E-state index in [1.807, 2.05) is 40.7 Å². The van der Waals surface area contributed by atoms with Crippen molar-refractivity contribution in [3.63, 3.8) is 0 Å². The molecule has 2 aliphatic rings. The fourth-order valence-corrected chi connectivity index (χ4v) is 3.59. The lowest BCUT2D eigenvalue weighted by atomic mass is 9.81. The molecule has 0 aliphatic carbocycles. The smallest absolute Gasteiger partial charge is 0.410 e. The van der Waals surface area contributed by atoms with Gasteiger partial charge in [0.05, 0.1) is 24.9 Å². The van der Waals surface area contributed by atoms with Crippen LogP contribution in [0.3, 0.4) is 0 Å². The first kappa shape index (κ1) is 20.0. The Bertz CT molecular complexity index is 704. The molecule has 0 spiro atoms. The van der Waals surface area contributed by atoms with Gasteiger partial charge >= 0.3 is 6.09 Å². The average molecular weight is 380 g/mol. The molecule has 2 saturated heterocycles. The quantitative estimate of drug-likeness (QED) is 0.868. The zero-order chi connectivity index (χ0) is 19.8. The fourth-order valence-electron chi connectivity index (χ4n) is 3.59. The molecule has 150 valence electrons. The number of carbonyl (C=O) groups excluding carboxylic acids is 1. The van der Waals surface area contributed by atoms with Crippen molar-refractivity contribution < 1.29 is 23.5 Å². The lowest BCUT2D eigenvalue weighted by molar-refractivity contribution is 0.0148. The van der Waals surface area contributed by atoms with E-state index in [2.05, 4.69) is 5.48 Å². The summed E-state index contributed by atoms with van der Waals surface area (Å²) in [7, 11) is 0. The second-order valence-electron chi connectivity index (χ2n) is 8.62. The van der Waals surface area contributed by atoms with Gasteiger partial charge in [-0.05, 0) is 52.3 Å². The predicted octanol–water partition coefficient (Wildman–Crippen LogP) is 3.35. The van der Waals surface area contributed by atoms with Crippen LogP contribution < -0.4 is 5.48 Å². The van der Waals surface area contributed by atoms with E-state index in [9.17, 15) is 9.18 Å². The highest BCUT2D eigenvalue weighted by atomic mass is 19.1. The summed E-state index contributed by atoms with van der Waals surface area (Å²) >= 11 is 0. The number of nitrogens with one attached hydrogen (secondary N) is 1. The van der Waals surface area contributed by atoms with E-state index < -0.39 is 17.2 Å². The number of ether oxygens (including phenoxy) is 2. The summed E-state index contributed by atoms with van der Waals surface area (Å²) < 4.78 is 25.9. The summed E-state index contributed by atoms with van der Waals surface area (Å²) in [5.74, 6) is -0.377. The average Bonchev–Trinajstić information content (AvgIpc) is 3.10. The molecule has 0 radical (unpaired) electrons. The summed E-state index contributed by atoms with van der Waals surface area (Å²) in [6.07, 6.45) is -0.302. The molecule has 1 aromatic carbocycles. The molecular weight excluding hydrogens is 351 g/mol. The highest BCUT2D eigenvalue weighted by Gasteiger charge is 2.55. The summed E-state index contributed by atoms with van der Waals surface area (Å²) in [5.41, 5.74) is 3.03. The maximum atomic E-state index is 14.8. The zero-order valence-corrected chi connectivity index (χ0v) is 16.7. The number of fused-ring (bicyclic) bond motifs is 1. The van der Waals surface area contributed by atoms with Crippen molar-refractivity contribution in [3.8, 4) is 0 Å². The van der Waals surface area contributed by atoms with Gasteiger partial charge in [0.1, 0.15) is 11.4 Å². The van der Waals surface area contributed by atoms with Crippen LogP contribution in [0, 0.1) is 11.7 Å². The number of hydrogen-bond donors (Lipinski definition) is 1. The Balaban J connectivity index is 1.86. The minimum Gasteiger partial charge on any atom is -0.444 e. The number of hydrogen-bond acceptors (Lipinski definition) is 5. The number of hydroxylamine groups is 1. The molecule has 2 fully saturated rings. The van der Waals surface area contributed by atoms with Crippen molar-refractivity contribution in [2.45, 2.75) is 58.5 Å². The standard InChI is InChI=1S/C20H29FN2O4/c1-13(2)25-10-14-6-7-17(21)16(8-14)20-12-23(9-15(20)11-26-22-20)18(24)27-19(3,4)5/h6-8,13,15,22H,9-12H2,1-5H3. The van der Waals surface area contributed by atoms with Gasteiger partial charge in [-0.15, -0.1) is 0 Å². The van der Waals surface area contributed by atoms with E-state index in [4.69, 9.17) is 14.3 Å². The van der Waals surface area contributed by atoms with E-state index in [0.29, 0.717) is 25.3 Å². The van der Waals surface area contributed by atoms with Crippen molar-refractivity contribution in [2.24, 2.45) is 5.92 Å². The Hall–Kier alpha value is -1.70. The normalized spacial score (nSPS) is 25.1. The molecule has 6 nitrogen and oxygen atoms in total. The van der Waals surface area contributed by atoms with Gasteiger partial charge in [0.25, 0.3) is 0 Å². The van der Waals surface area contributed by atoms with Gasteiger partial charge in [0, 0.05) is 24.6 Å². The summed E-state index contributed by atoms with van der Waals surface area (Å²) in [6, 6.07) is 4.99. The summed E-state index contributed by atoms with van der Waals surface area (Å²) in [6.45, 7) is 11.0. The number of carbonyl (C=O) groups is 1. The maximum Gasteiger partial charge on any atom is 0.410 e. The van der Waals surface area contributed by atoms with Crippen LogP contribution in [0.4, 0.5) is 9.18 Å². The molecule has 2 atom stereocenters. The lowest BCUT2D eigenvalue weighted by Crippen LogP contribution is -2.45. The van der Waals surface area contributed by atoms with E-state index in [1.165, 1.54) is 6.07 Å². The van der Waals surface area contributed by atoms with Crippen molar-refractivity contribution in [3.05, 3.63) is 35.1 Å². The van der Waals surface area contributed by atoms with Crippen molar-refractivity contribution in [2.75, 3.05) is 19.7 Å². The van der Waals surface area contributed by atoms with E-state index in [-0.39, 0.29) is 24.4 Å². The molecule has 0 bridgehead atoms. The Kier molecular flexibility index (Phi) is 5.47. The van der Waals surface area contributed by atoms with Crippen LogP contribution in [-0.4, -0.2) is 42.4 Å². The SMILES string of the molecule is CC(C)OCc1ccc(F)c(C23CN(C(=O)OC(C)(C)C)CC2CON3)c1. The van der Waals surface area contributed by atoms with Gasteiger partial charge in [-0.25, -0.2) is 9.18 Å². The molecule has 2 aliphatic heterocycles. The molecule has 0 saturated carbocycles. The Labute approximate surface area is 159 Å². The predicted molar refractivity (Wildman–Crippen MR) is 98.4 cm³/mol. The lowest BCUT2D eigenvalue weighted by Gasteiger charge is -2.29. The third-order valence-electron chi connectivity index (χ3n) is 4.86. The van der Waals surface area contributed by atoms with Gasteiger partial charge in [0.15, 0.2) is 0 Å². The van der Waals surface area contributed by atoms with Gasteiger partial charge in [-0.2, -0.15) is 5.48 Å². The van der Waals surface area contributed by atoms with Gasteiger partial charge in [0.2, 0.25) is 0 Å². The third kappa shape index (κ3) is 4.25. The number of benzene rings is 1. The second-order valence-corrected chi connectivity index (χ2v) is 8.62. The van der Waals surface area contributed by atoms with Crippen molar-refractivity contribution in [1.29, 1.82) is 0 Å². The number of rotatable bonds is 4. The summed E-state index contributed by atoms with van der Waals surface area (Å²) in [4.78, 5) is 19.6. The van der Waals surface area contributed by atoms with Crippen LogP contribution in [0.25, 0.3) is 0 Å². The fraction of sp³-hybridized carbons (Fsp3) is 0.650. The molecule has 3 rings (SSSR count). The first-order valence-electron chi connectivity index (χ1n) is 9.38. The van der Waals surface area contributed by atoms with Crippen LogP contribution in [-0.2, 0) is 26.5 Å². The third-order valence-corrected chi connectivity index (χ3v) is 4.86. The largest absolute Gasteiger partial charge is 0.444 e. The van der Waals surface area contributed by atoms with Crippen LogP contribution in [0.2, 0.25) is 0 Å². The van der Waals surface area contributed by atoms with Gasteiger partial charge < -0.3 is 19.2 Å². The van der Waals surface area contributed by atoms with Crippen molar-refractivity contribution in [1.82, 2.24) is 10.4 Å². The number of amides is 1. The first-order chi connectivity index (χ1) is 12.6. The van der Waals surface area contributed by atoms with Crippen LogP contribution in [0.1, 0.15) is 45.7 Å². The van der Waals surface area contributed by atoms with E-state index in [0.717, 1.165) is 5.56 Å². The van der Waals surface area contributed by atoms with Gasteiger partial charge in [-0.1, -0.05) is 6.07 Å². The second kappa shape index (κ2) is 7.37. The Morgan fingerprint density at radius 1 is 1.44 bits per heavy atom. The van der Waals surface area contributed by atoms with Crippen LogP contribution >= 0.6 is 0 Å². The molecule has 27 heavy (non-hydrogen) atoms. The summed E-state index contributed by atoms with van der Waals surface area (Å²) in [5, 5.41) is 0. The van der Waals surface area contributed by atoms with E-state index >= 15 is 0 Å². The number of nitrogens with zero attached hydrogens (tertiary/aromatic N) is 1. The minimum atomic E-state index is -0.783. The molecule has 2 heterocycles. The van der Waals surface area contributed by atoms with E-state index in [1.54, 1.807) is 11.0 Å².